The molecule has 0 radical (unpaired) electrons. The third-order valence-corrected chi connectivity index (χ3v) is 9.26. The number of esters is 1. The number of fused-ring (bicyclic) bond motifs is 3. The first kappa shape index (κ1) is 25.3. The fraction of sp³-hybridized carbons (Fsp3) is 0.400. The first-order valence-corrected chi connectivity index (χ1v) is 13.7. The number of anilines is 1. The van der Waals surface area contributed by atoms with Crippen LogP contribution in [0.2, 0.25) is 0 Å². The fourth-order valence-electron chi connectivity index (χ4n) is 5.22. The lowest BCUT2D eigenvalue weighted by Crippen LogP contribution is -2.38. The van der Waals surface area contributed by atoms with Gasteiger partial charge in [-0.05, 0) is 72.9 Å². The standard InChI is InChI=1S/C30H34N2O4S/c1-6-30(3,4)20-12-13-21-24(16-20)37-28-25(21)27(33)31-26(32-28)19-11-14-22(23(15-19)35-5)36-29(34)18-9-7-17(2)8-10-18/h7-11,14-15,20,26,32H,6,12-13,16H2,1-5H3,(H,31,33)/t20-,26+/m0/s1. The molecule has 2 aromatic carbocycles. The highest BCUT2D eigenvalue weighted by atomic mass is 32.1. The largest absolute Gasteiger partial charge is 0.493 e. The minimum absolute atomic E-state index is 0.0432. The molecule has 0 spiro atoms. The van der Waals surface area contributed by atoms with Gasteiger partial charge in [0.15, 0.2) is 11.5 Å². The molecule has 1 amide bonds. The Balaban J connectivity index is 1.36. The van der Waals surface area contributed by atoms with Gasteiger partial charge in [0.05, 0.1) is 18.2 Å². The molecule has 0 saturated carbocycles. The number of carbonyl (C=O) groups is 2. The summed E-state index contributed by atoms with van der Waals surface area (Å²) in [6.07, 6.45) is 3.84. The summed E-state index contributed by atoms with van der Waals surface area (Å²) in [5.74, 6) is 0.890. The van der Waals surface area contributed by atoms with Crippen molar-refractivity contribution in [2.24, 2.45) is 11.3 Å². The molecule has 0 saturated heterocycles. The van der Waals surface area contributed by atoms with E-state index < -0.39 is 12.1 Å². The van der Waals surface area contributed by atoms with Crippen molar-refractivity contribution in [3.05, 3.63) is 75.2 Å². The summed E-state index contributed by atoms with van der Waals surface area (Å²) in [4.78, 5) is 27.2. The number of hydrogen-bond acceptors (Lipinski definition) is 6. The van der Waals surface area contributed by atoms with Gasteiger partial charge in [-0.1, -0.05) is 51.0 Å². The number of rotatable bonds is 6. The Labute approximate surface area is 222 Å². The number of ether oxygens (including phenoxy) is 2. The van der Waals surface area contributed by atoms with Crippen LogP contribution in [0.25, 0.3) is 0 Å². The number of thiophene rings is 1. The van der Waals surface area contributed by atoms with E-state index >= 15 is 0 Å². The van der Waals surface area contributed by atoms with Crippen molar-refractivity contribution in [1.82, 2.24) is 5.32 Å². The van der Waals surface area contributed by atoms with Crippen molar-refractivity contribution in [1.29, 1.82) is 0 Å². The average molecular weight is 519 g/mol. The van der Waals surface area contributed by atoms with Gasteiger partial charge in [0.1, 0.15) is 11.2 Å². The van der Waals surface area contributed by atoms with E-state index in [-0.39, 0.29) is 5.91 Å². The lowest BCUT2D eigenvalue weighted by Gasteiger charge is -2.36. The minimum atomic E-state index is -0.450. The summed E-state index contributed by atoms with van der Waals surface area (Å²) in [6.45, 7) is 8.93. The van der Waals surface area contributed by atoms with Gasteiger partial charge in [0.25, 0.3) is 5.91 Å². The molecule has 1 aliphatic heterocycles. The van der Waals surface area contributed by atoms with E-state index in [4.69, 9.17) is 9.47 Å². The summed E-state index contributed by atoms with van der Waals surface area (Å²) in [6, 6.07) is 12.6. The van der Waals surface area contributed by atoms with E-state index in [1.54, 1.807) is 35.6 Å². The summed E-state index contributed by atoms with van der Waals surface area (Å²) in [5.41, 5.74) is 4.67. The fourth-order valence-corrected chi connectivity index (χ4v) is 6.57. The van der Waals surface area contributed by atoms with E-state index in [9.17, 15) is 9.59 Å². The summed E-state index contributed by atoms with van der Waals surface area (Å²) >= 11 is 1.72. The molecule has 2 aliphatic rings. The second-order valence-electron chi connectivity index (χ2n) is 10.7. The first-order chi connectivity index (χ1) is 17.7. The smallest absolute Gasteiger partial charge is 0.343 e. The maximum Gasteiger partial charge on any atom is 0.343 e. The van der Waals surface area contributed by atoms with Crippen LogP contribution in [0.5, 0.6) is 11.5 Å². The predicted molar refractivity (Wildman–Crippen MR) is 147 cm³/mol. The zero-order valence-electron chi connectivity index (χ0n) is 22.1. The summed E-state index contributed by atoms with van der Waals surface area (Å²) in [5, 5.41) is 7.58. The van der Waals surface area contributed by atoms with Crippen LogP contribution in [0.15, 0.2) is 42.5 Å². The molecule has 2 N–H and O–H groups in total. The Morgan fingerprint density at radius 2 is 1.86 bits per heavy atom. The molecule has 0 bridgehead atoms. The highest BCUT2D eigenvalue weighted by molar-refractivity contribution is 7.16. The maximum absolute atomic E-state index is 13.2. The SMILES string of the molecule is CCC(C)(C)[C@H]1CCc2c(sc3c2C(=O)N[C@@H](c2ccc(OC(=O)c4ccc(C)cc4)c(OC)c2)N3)C1. The molecule has 7 heteroatoms. The van der Waals surface area contributed by atoms with E-state index in [1.165, 1.54) is 17.6 Å². The number of amides is 1. The second-order valence-corrected chi connectivity index (χ2v) is 11.8. The third kappa shape index (κ3) is 4.85. The molecule has 5 rings (SSSR count). The van der Waals surface area contributed by atoms with E-state index in [2.05, 4.69) is 31.4 Å². The van der Waals surface area contributed by atoms with Crippen LogP contribution in [0.1, 0.15) is 82.1 Å². The number of aryl methyl sites for hydroxylation is 1. The topological polar surface area (TPSA) is 76.7 Å². The van der Waals surface area contributed by atoms with E-state index in [0.717, 1.165) is 47.4 Å². The number of benzene rings is 2. The molecule has 0 unspecified atom stereocenters. The maximum atomic E-state index is 13.2. The number of methoxy groups -OCH3 is 1. The normalized spacial score (nSPS) is 18.8. The van der Waals surface area contributed by atoms with Crippen molar-refractivity contribution >= 4 is 28.2 Å². The Morgan fingerprint density at radius 1 is 1.11 bits per heavy atom. The van der Waals surface area contributed by atoms with Crippen LogP contribution in [0.4, 0.5) is 5.00 Å². The molecule has 194 valence electrons. The van der Waals surface area contributed by atoms with Gasteiger partial charge >= 0.3 is 5.97 Å². The predicted octanol–water partition coefficient (Wildman–Crippen LogP) is 6.68. The van der Waals surface area contributed by atoms with Crippen LogP contribution in [0.3, 0.4) is 0 Å². The van der Waals surface area contributed by atoms with Gasteiger partial charge in [-0.25, -0.2) is 4.79 Å². The molecular weight excluding hydrogens is 484 g/mol. The van der Waals surface area contributed by atoms with Gasteiger partial charge in [-0.3, -0.25) is 4.79 Å². The van der Waals surface area contributed by atoms with Crippen LogP contribution >= 0.6 is 11.3 Å². The van der Waals surface area contributed by atoms with Crippen molar-refractivity contribution < 1.29 is 19.1 Å². The minimum Gasteiger partial charge on any atom is -0.493 e. The monoisotopic (exact) mass is 518 g/mol. The Hall–Kier alpha value is -3.32. The number of nitrogens with one attached hydrogen (secondary N) is 2. The van der Waals surface area contributed by atoms with Crippen molar-refractivity contribution in [3.63, 3.8) is 0 Å². The Morgan fingerprint density at radius 3 is 2.57 bits per heavy atom. The molecule has 3 aromatic rings. The highest BCUT2D eigenvalue weighted by Gasteiger charge is 2.37. The molecule has 1 aromatic heterocycles. The van der Waals surface area contributed by atoms with Crippen molar-refractivity contribution in [3.8, 4) is 11.5 Å². The molecular formula is C30H34N2O4S. The zero-order chi connectivity index (χ0) is 26.3. The van der Waals surface area contributed by atoms with E-state index in [1.807, 2.05) is 25.1 Å². The number of hydrogen-bond donors (Lipinski definition) is 2. The lowest BCUT2D eigenvalue weighted by atomic mass is 9.69. The van der Waals surface area contributed by atoms with Gasteiger partial charge in [0, 0.05) is 4.88 Å². The van der Waals surface area contributed by atoms with Gasteiger partial charge < -0.3 is 20.1 Å². The number of carbonyl (C=O) groups excluding carboxylic acids is 2. The molecule has 2 heterocycles. The van der Waals surface area contributed by atoms with Crippen LogP contribution in [-0.4, -0.2) is 19.0 Å². The average Bonchev–Trinajstić information content (AvgIpc) is 3.27. The Bertz CT molecular complexity index is 1340. The summed E-state index contributed by atoms with van der Waals surface area (Å²) < 4.78 is 11.1. The van der Waals surface area contributed by atoms with E-state index in [0.29, 0.717) is 28.4 Å². The lowest BCUT2D eigenvalue weighted by molar-refractivity contribution is 0.0729. The summed E-state index contributed by atoms with van der Waals surface area (Å²) in [7, 11) is 1.54. The van der Waals surface area contributed by atoms with Gasteiger partial charge in [-0.2, -0.15) is 0 Å². The first-order valence-electron chi connectivity index (χ1n) is 12.9. The Kier molecular flexibility index (Phi) is 6.75. The molecule has 6 nitrogen and oxygen atoms in total. The molecule has 0 fully saturated rings. The molecule has 1 aliphatic carbocycles. The quantitative estimate of drug-likeness (QED) is 0.281. The van der Waals surface area contributed by atoms with Gasteiger partial charge in [0.2, 0.25) is 0 Å². The van der Waals surface area contributed by atoms with Crippen LogP contribution in [0, 0.1) is 18.3 Å². The van der Waals surface area contributed by atoms with Crippen molar-refractivity contribution in [2.75, 3.05) is 12.4 Å². The van der Waals surface area contributed by atoms with Crippen LogP contribution in [-0.2, 0) is 12.8 Å². The second kappa shape index (κ2) is 9.86. The molecule has 37 heavy (non-hydrogen) atoms. The van der Waals surface area contributed by atoms with Crippen LogP contribution < -0.4 is 20.1 Å². The molecule has 2 atom stereocenters. The highest BCUT2D eigenvalue weighted by Crippen LogP contribution is 2.47. The zero-order valence-corrected chi connectivity index (χ0v) is 22.9. The third-order valence-electron chi connectivity index (χ3n) is 8.07. The van der Waals surface area contributed by atoms with Crippen molar-refractivity contribution in [2.45, 2.75) is 59.5 Å². The van der Waals surface area contributed by atoms with Gasteiger partial charge in [-0.15, -0.1) is 11.3 Å².